The number of methoxy groups -OCH3 is 1. The Labute approximate surface area is 128 Å². The summed E-state index contributed by atoms with van der Waals surface area (Å²) < 4.78 is 16.7. The molecule has 0 fully saturated rings. The first-order valence-corrected chi connectivity index (χ1v) is 8.61. The van der Waals surface area contributed by atoms with Crippen molar-refractivity contribution in [2.45, 2.75) is 18.7 Å². The zero-order valence-corrected chi connectivity index (χ0v) is 13.4. The molecular formula is C17H21NO2S. The molecular weight excluding hydrogens is 282 g/mol. The summed E-state index contributed by atoms with van der Waals surface area (Å²) >= 11 is 0. The first-order valence-electron chi connectivity index (χ1n) is 6.88. The van der Waals surface area contributed by atoms with Gasteiger partial charge in [0.2, 0.25) is 0 Å². The van der Waals surface area contributed by atoms with Gasteiger partial charge < -0.3 is 10.1 Å². The van der Waals surface area contributed by atoms with Crippen LogP contribution in [0.15, 0.2) is 48.5 Å². The number of anilines is 1. The van der Waals surface area contributed by atoms with Crippen LogP contribution < -0.4 is 10.1 Å². The monoisotopic (exact) mass is 303 g/mol. The van der Waals surface area contributed by atoms with Crippen LogP contribution in [0.5, 0.6) is 5.75 Å². The minimum absolute atomic E-state index is 0.128. The highest BCUT2D eigenvalue weighted by Gasteiger charge is 2.10. The number of hydrogen-bond donors (Lipinski definition) is 1. The SMILES string of the molecule is COc1ccccc1[C@@H](C)Nc1cccc(C[S@@](C)=O)c1. The van der Waals surface area contributed by atoms with E-state index < -0.39 is 10.8 Å². The normalized spacial score (nSPS) is 13.5. The predicted octanol–water partition coefficient (Wildman–Crippen LogP) is 3.75. The minimum atomic E-state index is -0.826. The molecule has 0 unspecified atom stereocenters. The van der Waals surface area contributed by atoms with Crippen molar-refractivity contribution in [2.24, 2.45) is 0 Å². The van der Waals surface area contributed by atoms with Gasteiger partial charge in [-0.15, -0.1) is 0 Å². The minimum Gasteiger partial charge on any atom is -0.496 e. The van der Waals surface area contributed by atoms with E-state index in [4.69, 9.17) is 4.74 Å². The van der Waals surface area contributed by atoms with Gasteiger partial charge in [-0.25, -0.2) is 0 Å². The summed E-state index contributed by atoms with van der Waals surface area (Å²) in [5.41, 5.74) is 3.22. The number of para-hydroxylation sites is 1. The summed E-state index contributed by atoms with van der Waals surface area (Å²) in [4.78, 5) is 0. The largest absolute Gasteiger partial charge is 0.496 e. The lowest BCUT2D eigenvalue weighted by Crippen LogP contribution is -2.08. The Morgan fingerprint density at radius 2 is 1.95 bits per heavy atom. The summed E-state index contributed by atoms with van der Waals surface area (Å²) in [6.07, 6.45) is 1.72. The molecule has 4 heteroatoms. The number of hydrogen-bond acceptors (Lipinski definition) is 3. The van der Waals surface area contributed by atoms with E-state index in [9.17, 15) is 4.21 Å². The van der Waals surface area contributed by atoms with E-state index >= 15 is 0 Å². The molecule has 2 rings (SSSR count). The van der Waals surface area contributed by atoms with E-state index in [1.54, 1.807) is 13.4 Å². The van der Waals surface area contributed by atoms with Gasteiger partial charge in [0.1, 0.15) is 5.75 Å². The lowest BCUT2D eigenvalue weighted by molar-refractivity contribution is 0.408. The maximum atomic E-state index is 11.3. The Kier molecular flexibility index (Phi) is 5.39. The number of ether oxygens (including phenoxy) is 1. The molecule has 3 nitrogen and oxygen atoms in total. The maximum Gasteiger partial charge on any atom is 0.124 e. The van der Waals surface area contributed by atoms with Gasteiger partial charge in [-0.1, -0.05) is 30.3 Å². The molecule has 0 amide bonds. The van der Waals surface area contributed by atoms with Gasteiger partial charge in [-0.05, 0) is 30.7 Å². The summed E-state index contributed by atoms with van der Waals surface area (Å²) in [6.45, 7) is 2.10. The van der Waals surface area contributed by atoms with Crippen molar-refractivity contribution in [3.63, 3.8) is 0 Å². The first kappa shape index (κ1) is 15.6. The van der Waals surface area contributed by atoms with Gasteiger partial charge in [-0.2, -0.15) is 0 Å². The molecule has 0 saturated heterocycles. The van der Waals surface area contributed by atoms with E-state index in [1.807, 2.05) is 42.5 Å². The van der Waals surface area contributed by atoms with Crippen molar-refractivity contribution < 1.29 is 8.95 Å². The molecule has 0 aliphatic heterocycles. The summed E-state index contributed by atoms with van der Waals surface area (Å²) in [7, 11) is 0.857. The highest BCUT2D eigenvalue weighted by molar-refractivity contribution is 7.83. The molecule has 0 aliphatic carbocycles. The zero-order valence-electron chi connectivity index (χ0n) is 12.6. The smallest absolute Gasteiger partial charge is 0.124 e. The van der Waals surface area contributed by atoms with Crippen LogP contribution in [-0.4, -0.2) is 17.6 Å². The molecule has 0 saturated carbocycles. The molecule has 112 valence electrons. The summed E-state index contributed by atoms with van der Waals surface area (Å²) in [6, 6.07) is 16.2. The molecule has 0 aromatic heterocycles. The van der Waals surface area contributed by atoms with Crippen molar-refractivity contribution in [3.8, 4) is 5.75 Å². The highest BCUT2D eigenvalue weighted by Crippen LogP contribution is 2.27. The van der Waals surface area contributed by atoms with Crippen LogP contribution in [0.3, 0.4) is 0 Å². The van der Waals surface area contributed by atoms with E-state index in [1.165, 1.54) is 0 Å². The van der Waals surface area contributed by atoms with Crippen molar-refractivity contribution in [3.05, 3.63) is 59.7 Å². The van der Waals surface area contributed by atoms with Crippen molar-refractivity contribution in [1.29, 1.82) is 0 Å². The van der Waals surface area contributed by atoms with Crippen molar-refractivity contribution >= 4 is 16.5 Å². The van der Waals surface area contributed by atoms with Crippen LogP contribution in [0, 0.1) is 0 Å². The average Bonchev–Trinajstić information content (AvgIpc) is 2.46. The fourth-order valence-corrected chi connectivity index (χ4v) is 2.99. The molecule has 2 aromatic carbocycles. The standard InChI is InChI=1S/C17H21NO2S/c1-13(16-9-4-5-10-17(16)20-2)18-15-8-6-7-14(11-15)12-21(3)19/h4-11,13,18H,12H2,1-3H3/t13-,21-/m1/s1. The lowest BCUT2D eigenvalue weighted by atomic mass is 10.1. The molecule has 2 aromatic rings. The molecule has 0 heterocycles. The van der Waals surface area contributed by atoms with Crippen LogP contribution in [0.1, 0.15) is 24.1 Å². The third-order valence-corrected chi connectivity index (χ3v) is 4.03. The van der Waals surface area contributed by atoms with Crippen LogP contribution in [0.4, 0.5) is 5.69 Å². The summed E-state index contributed by atoms with van der Waals surface area (Å²) in [5.74, 6) is 1.46. The van der Waals surface area contributed by atoms with Crippen molar-refractivity contribution in [2.75, 3.05) is 18.7 Å². The second-order valence-electron chi connectivity index (χ2n) is 5.03. The Hall–Kier alpha value is -1.81. The van der Waals surface area contributed by atoms with Gasteiger partial charge >= 0.3 is 0 Å². The Bertz CT molecular complexity index is 628. The average molecular weight is 303 g/mol. The van der Waals surface area contributed by atoms with E-state index in [-0.39, 0.29) is 6.04 Å². The second kappa shape index (κ2) is 7.27. The van der Waals surface area contributed by atoms with Gasteiger partial charge in [0.15, 0.2) is 0 Å². The Morgan fingerprint density at radius 3 is 2.67 bits per heavy atom. The fraction of sp³-hybridized carbons (Fsp3) is 0.294. The molecule has 21 heavy (non-hydrogen) atoms. The Morgan fingerprint density at radius 1 is 1.19 bits per heavy atom. The van der Waals surface area contributed by atoms with E-state index in [0.717, 1.165) is 22.6 Å². The zero-order chi connectivity index (χ0) is 15.2. The third-order valence-electron chi connectivity index (χ3n) is 3.29. The van der Waals surface area contributed by atoms with Crippen LogP contribution in [-0.2, 0) is 16.6 Å². The molecule has 0 radical (unpaired) electrons. The maximum absolute atomic E-state index is 11.3. The third kappa shape index (κ3) is 4.33. The lowest BCUT2D eigenvalue weighted by Gasteiger charge is -2.18. The summed E-state index contributed by atoms with van der Waals surface area (Å²) in [5, 5.41) is 3.47. The number of nitrogens with one attached hydrogen (secondary N) is 1. The number of benzene rings is 2. The highest BCUT2D eigenvalue weighted by atomic mass is 32.2. The van der Waals surface area contributed by atoms with E-state index in [2.05, 4.69) is 18.3 Å². The Balaban J connectivity index is 2.15. The van der Waals surface area contributed by atoms with Gasteiger partial charge in [0.05, 0.1) is 13.2 Å². The molecule has 0 aliphatic rings. The van der Waals surface area contributed by atoms with E-state index in [0.29, 0.717) is 5.75 Å². The van der Waals surface area contributed by atoms with Crippen LogP contribution in [0.25, 0.3) is 0 Å². The fourth-order valence-electron chi connectivity index (χ4n) is 2.34. The molecule has 0 bridgehead atoms. The molecule has 2 atom stereocenters. The number of rotatable bonds is 6. The molecule has 1 N–H and O–H groups in total. The van der Waals surface area contributed by atoms with Gasteiger partial charge in [-0.3, -0.25) is 4.21 Å². The quantitative estimate of drug-likeness (QED) is 0.883. The van der Waals surface area contributed by atoms with Crippen LogP contribution >= 0.6 is 0 Å². The molecule has 0 spiro atoms. The predicted molar refractivity (Wildman–Crippen MR) is 89.2 cm³/mol. The van der Waals surface area contributed by atoms with Crippen molar-refractivity contribution in [1.82, 2.24) is 0 Å². The van der Waals surface area contributed by atoms with Gasteiger partial charge in [0, 0.05) is 34.1 Å². The van der Waals surface area contributed by atoms with Crippen LogP contribution in [0.2, 0.25) is 0 Å². The first-order chi connectivity index (χ1) is 10.1. The van der Waals surface area contributed by atoms with Gasteiger partial charge in [0.25, 0.3) is 0 Å². The topological polar surface area (TPSA) is 38.3 Å². The second-order valence-corrected chi connectivity index (χ2v) is 6.46.